The summed E-state index contributed by atoms with van der Waals surface area (Å²) in [5.41, 5.74) is 5.52. The Kier molecular flexibility index (Phi) is 8.39. The third-order valence-corrected chi connectivity index (χ3v) is 7.87. The van der Waals surface area contributed by atoms with Crippen LogP contribution >= 0.6 is 0 Å². The zero-order valence-corrected chi connectivity index (χ0v) is 25.3. The quantitative estimate of drug-likeness (QED) is 0.195. The Balaban J connectivity index is 1.52. The molecule has 1 atom stereocenters. The second-order valence-corrected chi connectivity index (χ2v) is 11.5. The highest BCUT2D eigenvalue weighted by atomic mass is 19.1. The number of nitrogens with zero attached hydrogens (tertiary/aromatic N) is 4. The van der Waals surface area contributed by atoms with Gasteiger partial charge in [-0.3, -0.25) is 9.97 Å². The molecule has 0 saturated carbocycles. The summed E-state index contributed by atoms with van der Waals surface area (Å²) in [5.74, 6) is -0.203. The maximum atomic E-state index is 15.6. The Morgan fingerprint density at radius 3 is 2.68 bits per heavy atom. The average Bonchev–Trinajstić information content (AvgIpc) is 3.02. The summed E-state index contributed by atoms with van der Waals surface area (Å²) >= 11 is 0. The van der Waals surface area contributed by atoms with Gasteiger partial charge in [-0.1, -0.05) is 32.0 Å². The van der Waals surface area contributed by atoms with Crippen LogP contribution in [0.5, 0.6) is 5.75 Å². The van der Waals surface area contributed by atoms with Gasteiger partial charge in [0.05, 0.1) is 71.1 Å². The van der Waals surface area contributed by atoms with Gasteiger partial charge in [-0.05, 0) is 49.6 Å². The van der Waals surface area contributed by atoms with Crippen molar-refractivity contribution in [2.75, 3.05) is 37.0 Å². The molecular formula is C35H35F2N5O2. The maximum absolute atomic E-state index is 15.6. The summed E-state index contributed by atoms with van der Waals surface area (Å²) in [6, 6.07) is 17.3. The fraction of sp³-hybridized carbons (Fsp3) is 0.286. The monoisotopic (exact) mass is 595 g/mol. The van der Waals surface area contributed by atoms with E-state index in [0.717, 1.165) is 36.8 Å². The number of pyridine rings is 3. The summed E-state index contributed by atoms with van der Waals surface area (Å²) in [7, 11) is 1.62. The van der Waals surface area contributed by atoms with Crippen LogP contribution in [-0.4, -0.2) is 47.9 Å². The van der Waals surface area contributed by atoms with Gasteiger partial charge in [-0.15, -0.1) is 0 Å². The largest absolute Gasteiger partial charge is 0.497 e. The lowest BCUT2D eigenvalue weighted by Crippen LogP contribution is -2.43. The number of ether oxygens (including phenoxy) is 2. The van der Waals surface area contributed by atoms with Crippen molar-refractivity contribution in [1.29, 1.82) is 0 Å². The molecule has 1 fully saturated rings. The van der Waals surface area contributed by atoms with Crippen molar-refractivity contribution in [2.24, 2.45) is 5.92 Å². The molecule has 5 aromatic rings. The van der Waals surface area contributed by atoms with Gasteiger partial charge in [0.2, 0.25) is 0 Å². The van der Waals surface area contributed by atoms with Gasteiger partial charge in [0.1, 0.15) is 17.4 Å². The first-order chi connectivity index (χ1) is 21.3. The van der Waals surface area contributed by atoms with Gasteiger partial charge < -0.3 is 19.7 Å². The van der Waals surface area contributed by atoms with Gasteiger partial charge in [0.15, 0.2) is 0 Å². The van der Waals surface area contributed by atoms with Crippen LogP contribution in [0, 0.1) is 24.5 Å². The number of fused-ring (bicyclic) bond motifs is 1. The van der Waals surface area contributed by atoms with E-state index < -0.39 is 11.6 Å². The first kappa shape index (κ1) is 29.4. The van der Waals surface area contributed by atoms with Crippen LogP contribution in [0.2, 0.25) is 0 Å². The van der Waals surface area contributed by atoms with Crippen molar-refractivity contribution in [3.05, 3.63) is 90.3 Å². The molecule has 44 heavy (non-hydrogen) atoms. The van der Waals surface area contributed by atoms with E-state index in [4.69, 9.17) is 14.5 Å². The fourth-order valence-corrected chi connectivity index (χ4v) is 5.79. The van der Waals surface area contributed by atoms with E-state index in [9.17, 15) is 4.39 Å². The predicted octanol–water partition coefficient (Wildman–Crippen LogP) is 7.95. The number of nitrogens with one attached hydrogen (secondary N) is 1. The molecule has 226 valence electrons. The lowest BCUT2D eigenvalue weighted by Gasteiger charge is -2.35. The van der Waals surface area contributed by atoms with E-state index in [1.807, 2.05) is 61.7 Å². The summed E-state index contributed by atoms with van der Waals surface area (Å²) in [6.45, 7) is 8.34. The van der Waals surface area contributed by atoms with Crippen LogP contribution in [0.4, 0.5) is 25.8 Å². The number of hydrogen-bond donors (Lipinski definition) is 1. The number of benzene rings is 2. The van der Waals surface area contributed by atoms with Gasteiger partial charge >= 0.3 is 0 Å². The van der Waals surface area contributed by atoms with Crippen molar-refractivity contribution in [3.63, 3.8) is 0 Å². The van der Waals surface area contributed by atoms with Crippen molar-refractivity contribution < 1.29 is 18.3 Å². The summed E-state index contributed by atoms with van der Waals surface area (Å²) in [6.07, 6.45) is 4.62. The minimum absolute atomic E-state index is 0.120. The first-order valence-corrected chi connectivity index (χ1v) is 14.8. The third-order valence-electron chi connectivity index (χ3n) is 7.87. The Hall–Kier alpha value is -4.63. The highest BCUT2D eigenvalue weighted by molar-refractivity contribution is 5.99. The minimum atomic E-state index is -0.706. The predicted molar refractivity (Wildman–Crippen MR) is 171 cm³/mol. The smallest absolute Gasteiger partial charge is 0.137 e. The standard InChI is InChI=1S/C35H35F2N5O2/c1-21(2)14-27-20-42(12-13-44-27)25-18-31(35(39-19-25)23-8-7-9-26(15-23)43-4)41-34-22(3)33(29-10-5-6-11-38-29)40-30-17-24(36)16-28(37)32(30)34/h5-11,15-19,21,27H,12-14,20H2,1-4H3,(H,40,41). The Morgan fingerprint density at radius 2 is 1.91 bits per heavy atom. The number of anilines is 3. The molecule has 3 aromatic heterocycles. The molecule has 9 heteroatoms. The van der Waals surface area contributed by atoms with Crippen molar-refractivity contribution >= 4 is 28.0 Å². The number of methoxy groups -OCH3 is 1. The number of hydrogen-bond acceptors (Lipinski definition) is 7. The van der Waals surface area contributed by atoms with E-state index in [0.29, 0.717) is 52.3 Å². The fourth-order valence-electron chi connectivity index (χ4n) is 5.79. The summed E-state index contributed by atoms with van der Waals surface area (Å²) < 4.78 is 41.6. The van der Waals surface area contributed by atoms with Gasteiger partial charge in [-0.2, -0.15) is 0 Å². The molecule has 1 N–H and O–H groups in total. The van der Waals surface area contributed by atoms with Crippen LogP contribution < -0.4 is 15.0 Å². The number of aromatic nitrogens is 3. The SMILES string of the molecule is COc1cccc(-c2ncc(N3CCOC(CC(C)C)C3)cc2Nc2c(C)c(-c3ccccn3)nc3cc(F)cc(F)c23)c1. The minimum Gasteiger partial charge on any atom is -0.497 e. The molecule has 1 saturated heterocycles. The van der Waals surface area contributed by atoms with Crippen LogP contribution in [0.3, 0.4) is 0 Å². The zero-order valence-electron chi connectivity index (χ0n) is 25.3. The van der Waals surface area contributed by atoms with Crippen LogP contribution in [0.1, 0.15) is 25.8 Å². The molecular weight excluding hydrogens is 560 g/mol. The summed E-state index contributed by atoms with van der Waals surface area (Å²) in [4.78, 5) is 16.3. The normalized spacial score (nSPS) is 15.2. The molecule has 1 aliphatic rings. The number of halogens is 2. The van der Waals surface area contributed by atoms with Crippen molar-refractivity contribution in [2.45, 2.75) is 33.3 Å². The second-order valence-electron chi connectivity index (χ2n) is 11.5. The summed E-state index contributed by atoms with van der Waals surface area (Å²) in [5, 5.41) is 3.71. The maximum Gasteiger partial charge on any atom is 0.137 e. The number of rotatable bonds is 8. The van der Waals surface area contributed by atoms with E-state index in [1.165, 1.54) is 6.07 Å². The molecule has 2 aromatic carbocycles. The topological polar surface area (TPSA) is 72.4 Å². The molecule has 0 amide bonds. The van der Waals surface area contributed by atoms with Gasteiger partial charge in [0, 0.05) is 42.5 Å². The molecule has 0 spiro atoms. The van der Waals surface area contributed by atoms with Crippen LogP contribution in [-0.2, 0) is 4.74 Å². The third kappa shape index (κ3) is 6.05. The Labute approximate surface area is 255 Å². The van der Waals surface area contributed by atoms with Crippen LogP contribution in [0.25, 0.3) is 33.5 Å². The lowest BCUT2D eigenvalue weighted by molar-refractivity contribution is 0.0276. The average molecular weight is 596 g/mol. The van der Waals surface area contributed by atoms with Crippen molar-refractivity contribution in [1.82, 2.24) is 15.0 Å². The molecule has 1 aliphatic heterocycles. The molecule has 0 bridgehead atoms. The highest BCUT2D eigenvalue weighted by Gasteiger charge is 2.24. The molecule has 0 aliphatic carbocycles. The van der Waals surface area contributed by atoms with Gasteiger partial charge in [0.25, 0.3) is 0 Å². The Morgan fingerprint density at radius 1 is 1.05 bits per heavy atom. The van der Waals surface area contributed by atoms with E-state index in [2.05, 4.69) is 34.0 Å². The molecule has 0 radical (unpaired) electrons. The van der Waals surface area contributed by atoms with Gasteiger partial charge in [-0.25, -0.2) is 13.8 Å². The van der Waals surface area contributed by atoms with E-state index in [-0.39, 0.29) is 17.0 Å². The molecule has 7 nitrogen and oxygen atoms in total. The molecule has 6 rings (SSSR count). The molecule has 1 unspecified atom stereocenters. The molecule has 4 heterocycles. The van der Waals surface area contributed by atoms with Crippen molar-refractivity contribution in [3.8, 4) is 28.4 Å². The van der Waals surface area contributed by atoms with E-state index >= 15 is 4.39 Å². The first-order valence-electron chi connectivity index (χ1n) is 14.8. The van der Waals surface area contributed by atoms with E-state index in [1.54, 1.807) is 13.3 Å². The second kappa shape index (κ2) is 12.5. The zero-order chi connectivity index (χ0) is 30.8. The lowest BCUT2D eigenvalue weighted by atomic mass is 10.0. The Bertz CT molecular complexity index is 1800. The highest BCUT2D eigenvalue weighted by Crippen LogP contribution is 2.40. The van der Waals surface area contributed by atoms with Crippen LogP contribution in [0.15, 0.2) is 73.1 Å². The number of morpholine rings is 1.